The van der Waals surface area contributed by atoms with E-state index in [0.717, 1.165) is 11.1 Å². The van der Waals surface area contributed by atoms with Crippen LogP contribution in [0.2, 0.25) is 0 Å². The number of nitrogens with one attached hydrogen (secondary N) is 1. The van der Waals surface area contributed by atoms with E-state index in [1.807, 2.05) is 12.1 Å². The maximum atomic E-state index is 10.5. The molecule has 0 atom stereocenters. The number of nitrogen functional groups attached to an aromatic ring is 1. The molecule has 0 fully saturated rings. The summed E-state index contributed by atoms with van der Waals surface area (Å²) in [5.74, 6) is -0.908. The van der Waals surface area contributed by atoms with Crippen LogP contribution in [0.5, 0.6) is 0 Å². The van der Waals surface area contributed by atoms with E-state index < -0.39 is 5.97 Å². The van der Waals surface area contributed by atoms with Crippen LogP contribution in [0.15, 0.2) is 30.5 Å². The smallest absolute Gasteiger partial charge is 0.322 e. The van der Waals surface area contributed by atoms with Gasteiger partial charge < -0.3 is 16.2 Å². The van der Waals surface area contributed by atoms with E-state index in [-0.39, 0.29) is 6.54 Å². The summed E-state index contributed by atoms with van der Waals surface area (Å²) in [6.07, 6.45) is 1.60. The van der Waals surface area contributed by atoms with Crippen molar-refractivity contribution in [3.05, 3.63) is 30.5 Å². The Bertz CT molecular complexity index is 540. The lowest BCUT2D eigenvalue weighted by Crippen LogP contribution is -2.12. The summed E-state index contributed by atoms with van der Waals surface area (Å²) < 4.78 is 0. The van der Waals surface area contributed by atoms with E-state index in [4.69, 9.17) is 10.8 Å². The van der Waals surface area contributed by atoms with Crippen LogP contribution in [0, 0.1) is 0 Å². The first-order valence-electron chi connectivity index (χ1n) is 4.77. The predicted octanol–water partition coefficient (Wildman–Crippen LogP) is 1.31. The molecule has 4 N–H and O–H groups in total. The molecule has 1 aromatic carbocycles. The van der Waals surface area contributed by atoms with Crippen LogP contribution in [-0.2, 0) is 4.79 Å². The Morgan fingerprint density at radius 3 is 3.00 bits per heavy atom. The number of aliphatic carboxylic acids is 1. The molecule has 1 heterocycles. The van der Waals surface area contributed by atoms with Crippen molar-refractivity contribution in [3.8, 4) is 0 Å². The van der Waals surface area contributed by atoms with Crippen molar-refractivity contribution in [2.75, 3.05) is 17.6 Å². The summed E-state index contributed by atoms with van der Waals surface area (Å²) in [5.41, 5.74) is 7.76. The standard InChI is InChI=1S/C11H11N3O2/c12-8-3-1-2-7-9(14-6-10(15)16)4-5-13-11(7)8/h1-5H,6,12H2,(H,13,14)(H,15,16). The number of hydrogen-bond acceptors (Lipinski definition) is 4. The number of carboxylic acids is 1. The number of carboxylic acid groups (broad SMARTS) is 1. The fraction of sp³-hybridized carbons (Fsp3) is 0.0909. The zero-order valence-corrected chi connectivity index (χ0v) is 8.47. The van der Waals surface area contributed by atoms with Gasteiger partial charge in [0.1, 0.15) is 6.54 Å². The topological polar surface area (TPSA) is 88.2 Å². The zero-order chi connectivity index (χ0) is 11.5. The highest BCUT2D eigenvalue weighted by Gasteiger charge is 2.04. The first-order chi connectivity index (χ1) is 7.68. The summed E-state index contributed by atoms with van der Waals surface area (Å²) in [6.45, 7) is -0.131. The first-order valence-corrected chi connectivity index (χ1v) is 4.77. The van der Waals surface area contributed by atoms with Crippen LogP contribution in [-0.4, -0.2) is 22.6 Å². The van der Waals surface area contributed by atoms with Crippen LogP contribution in [0.4, 0.5) is 11.4 Å². The fourth-order valence-corrected chi connectivity index (χ4v) is 1.52. The van der Waals surface area contributed by atoms with Crippen molar-refractivity contribution in [3.63, 3.8) is 0 Å². The third-order valence-electron chi connectivity index (χ3n) is 2.23. The molecule has 16 heavy (non-hydrogen) atoms. The molecule has 5 nitrogen and oxygen atoms in total. The lowest BCUT2D eigenvalue weighted by atomic mass is 10.1. The van der Waals surface area contributed by atoms with Gasteiger partial charge in [0.05, 0.1) is 11.2 Å². The van der Waals surface area contributed by atoms with Gasteiger partial charge in [-0.3, -0.25) is 9.78 Å². The predicted molar refractivity (Wildman–Crippen MR) is 62.3 cm³/mol. The molecule has 0 aliphatic rings. The van der Waals surface area contributed by atoms with Crippen LogP contribution < -0.4 is 11.1 Å². The fourth-order valence-electron chi connectivity index (χ4n) is 1.52. The van der Waals surface area contributed by atoms with Crippen LogP contribution >= 0.6 is 0 Å². The highest BCUT2D eigenvalue weighted by molar-refractivity contribution is 5.98. The second-order valence-corrected chi connectivity index (χ2v) is 3.35. The number of carbonyl (C=O) groups is 1. The number of aromatic nitrogens is 1. The number of anilines is 2. The van der Waals surface area contributed by atoms with Crippen molar-refractivity contribution < 1.29 is 9.90 Å². The van der Waals surface area contributed by atoms with Gasteiger partial charge in [0.2, 0.25) is 0 Å². The van der Waals surface area contributed by atoms with Crippen LogP contribution in [0.25, 0.3) is 10.9 Å². The molecule has 82 valence electrons. The molecule has 2 rings (SSSR count). The zero-order valence-electron chi connectivity index (χ0n) is 8.47. The number of pyridine rings is 1. The minimum absolute atomic E-state index is 0.131. The van der Waals surface area contributed by atoms with Gasteiger partial charge in [0.15, 0.2) is 0 Å². The number of fused-ring (bicyclic) bond motifs is 1. The highest BCUT2D eigenvalue weighted by Crippen LogP contribution is 2.24. The van der Waals surface area contributed by atoms with Crippen LogP contribution in [0.3, 0.4) is 0 Å². The van der Waals surface area contributed by atoms with Gasteiger partial charge in [-0.25, -0.2) is 0 Å². The van der Waals surface area contributed by atoms with E-state index >= 15 is 0 Å². The van der Waals surface area contributed by atoms with Crippen LogP contribution in [0.1, 0.15) is 0 Å². The Labute approximate surface area is 91.9 Å². The molecule has 0 radical (unpaired) electrons. The van der Waals surface area contributed by atoms with Gasteiger partial charge in [-0.05, 0) is 12.1 Å². The molecule has 2 aromatic rings. The molecule has 0 saturated heterocycles. The first kappa shape index (κ1) is 10.2. The molecule has 0 spiro atoms. The molecule has 0 bridgehead atoms. The molecule has 0 aliphatic heterocycles. The second kappa shape index (κ2) is 4.06. The SMILES string of the molecule is Nc1cccc2c(NCC(=O)O)ccnc12. The number of nitrogens with two attached hydrogens (primary N) is 1. The van der Waals surface area contributed by atoms with E-state index in [9.17, 15) is 4.79 Å². The van der Waals surface area contributed by atoms with Gasteiger partial charge >= 0.3 is 5.97 Å². The Balaban J connectivity index is 2.45. The lowest BCUT2D eigenvalue weighted by Gasteiger charge is -2.08. The quantitative estimate of drug-likeness (QED) is 0.674. The van der Waals surface area contributed by atoms with E-state index in [0.29, 0.717) is 11.2 Å². The summed E-state index contributed by atoms with van der Waals surface area (Å²) in [4.78, 5) is 14.6. The number of para-hydroxylation sites is 1. The van der Waals surface area contributed by atoms with Crippen molar-refractivity contribution in [2.45, 2.75) is 0 Å². The average Bonchev–Trinajstić information content (AvgIpc) is 2.27. The second-order valence-electron chi connectivity index (χ2n) is 3.35. The molecule has 0 aliphatic carbocycles. The van der Waals surface area contributed by atoms with E-state index in [2.05, 4.69) is 10.3 Å². The third kappa shape index (κ3) is 1.88. The summed E-state index contributed by atoms with van der Waals surface area (Å²) >= 11 is 0. The van der Waals surface area contributed by atoms with Gasteiger partial charge in [0, 0.05) is 17.3 Å². The van der Waals surface area contributed by atoms with Crippen molar-refractivity contribution in [1.82, 2.24) is 4.98 Å². The Morgan fingerprint density at radius 1 is 1.44 bits per heavy atom. The summed E-state index contributed by atoms with van der Waals surface area (Å²) in [7, 11) is 0. The minimum atomic E-state index is -0.908. The maximum absolute atomic E-state index is 10.5. The number of rotatable bonds is 3. The molecule has 0 saturated carbocycles. The molecule has 5 heteroatoms. The molecule has 1 aromatic heterocycles. The summed E-state index contributed by atoms with van der Waals surface area (Å²) in [6, 6.07) is 7.15. The van der Waals surface area contributed by atoms with Gasteiger partial charge in [-0.15, -0.1) is 0 Å². The highest BCUT2D eigenvalue weighted by atomic mass is 16.4. The average molecular weight is 217 g/mol. The molecule has 0 unspecified atom stereocenters. The monoisotopic (exact) mass is 217 g/mol. The normalized spacial score (nSPS) is 10.2. The maximum Gasteiger partial charge on any atom is 0.322 e. The Hall–Kier alpha value is -2.30. The largest absolute Gasteiger partial charge is 0.480 e. The van der Waals surface area contributed by atoms with E-state index in [1.165, 1.54) is 0 Å². The van der Waals surface area contributed by atoms with Gasteiger partial charge in [-0.1, -0.05) is 12.1 Å². The van der Waals surface area contributed by atoms with Crippen molar-refractivity contribution in [2.24, 2.45) is 0 Å². The third-order valence-corrected chi connectivity index (χ3v) is 2.23. The van der Waals surface area contributed by atoms with E-state index in [1.54, 1.807) is 18.3 Å². The summed E-state index contributed by atoms with van der Waals surface area (Å²) in [5, 5.41) is 12.2. The number of hydrogen-bond donors (Lipinski definition) is 3. The lowest BCUT2D eigenvalue weighted by molar-refractivity contribution is -0.134. The Kier molecular flexibility index (Phi) is 2.59. The minimum Gasteiger partial charge on any atom is -0.480 e. The Morgan fingerprint density at radius 2 is 2.25 bits per heavy atom. The van der Waals surface area contributed by atoms with Crippen molar-refractivity contribution in [1.29, 1.82) is 0 Å². The number of nitrogens with zero attached hydrogens (tertiary/aromatic N) is 1. The number of benzene rings is 1. The van der Waals surface area contributed by atoms with Gasteiger partial charge in [-0.2, -0.15) is 0 Å². The van der Waals surface area contributed by atoms with Crippen molar-refractivity contribution >= 4 is 28.2 Å². The molecular weight excluding hydrogens is 206 g/mol. The van der Waals surface area contributed by atoms with Gasteiger partial charge in [0.25, 0.3) is 0 Å². The molecule has 0 amide bonds. The molecular formula is C11H11N3O2.